The third-order valence-electron chi connectivity index (χ3n) is 3.59. The number of aryl methyl sites for hydroxylation is 1. The van der Waals surface area contributed by atoms with Crippen molar-refractivity contribution in [3.8, 4) is 0 Å². The molecule has 2 rings (SSSR count). The molecule has 0 fully saturated rings. The Labute approximate surface area is 136 Å². The first kappa shape index (κ1) is 16.7. The summed E-state index contributed by atoms with van der Waals surface area (Å²) < 4.78 is 0. The van der Waals surface area contributed by atoms with E-state index in [1.54, 1.807) is 24.4 Å². The number of hydrogen-bond acceptors (Lipinski definition) is 3. The van der Waals surface area contributed by atoms with Crippen LogP contribution < -0.4 is 10.6 Å². The van der Waals surface area contributed by atoms with Gasteiger partial charge < -0.3 is 10.6 Å². The first-order chi connectivity index (χ1) is 10.8. The van der Waals surface area contributed by atoms with E-state index in [2.05, 4.69) is 15.6 Å². The van der Waals surface area contributed by atoms with Crippen LogP contribution in [0.2, 0.25) is 0 Å². The molecule has 0 unspecified atom stereocenters. The molecule has 5 nitrogen and oxygen atoms in total. The summed E-state index contributed by atoms with van der Waals surface area (Å²) in [4.78, 5) is 27.8. The van der Waals surface area contributed by atoms with Crippen LogP contribution in [-0.2, 0) is 5.54 Å². The normalized spacial score (nSPS) is 11.0. The highest BCUT2D eigenvalue weighted by molar-refractivity contribution is 5.94. The van der Waals surface area contributed by atoms with Gasteiger partial charge in [0.1, 0.15) is 0 Å². The second-order valence-electron chi connectivity index (χ2n) is 6.03. The number of pyridine rings is 1. The molecule has 1 heterocycles. The van der Waals surface area contributed by atoms with Crippen LogP contribution in [0.15, 0.2) is 42.6 Å². The lowest BCUT2D eigenvalue weighted by atomic mass is 9.92. The number of carbonyl (C=O) groups excluding carboxylic acids is 2. The molecule has 2 aromatic rings. The van der Waals surface area contributed by atoms with E-state index in [9.17, 15) is 9.59 Å². The van der Waals surface area contributed by atoms with Crippen molar-refractivity contribution < 1.29 is 9.59 Å². The average Bonchev–Trinajstić information content (AvgIpc) is 2.49. The Hall–Kier alpha value is -2.69. The molecule has 1 aromatic carbocycles. The summed E-state index contributed by atoms with van der Waals surface area (Å²) in [7, 11) is 0. The van der Waals surface area contributed by atoms with Gasteiger partial charge in [-0.1, -0.05) is 18.2 Å². The molecule has 2 amide bonds. The molecular formula is C18H21N3O2. The fraction of sp³-hybridized carbons (Fsp3) is 0.278. The van der Waals surface area contributed by atoms with Crippen LogP contribution in [0, 0.1) is 6.92 Å². The predicted molar refractivity (Wildman–Crippen MR) is 90.6 cm³/mol. The lowest BCUT2D eigenvalue weighted by molar-refractivity contribution is 0.101. The fourth-order valence-corrected chi connectivity index (χ4v) is 2.19. The Morgan fingerprint density at radius 2 is 1.87 bits per heavy atom. The van der Waals surface area contributed by atoms with E-state index < -0.39 is 5.54 Å². The summed E-state index contributed by atoms with van der Waals surface area (Å²) in [6.45, 7) is 7.18. The maximum absolute atomic E-state index is 12.2. The number of hydrogen-bond donors (Lipinski definition) is 2. The molecule has 0 saturated heterocycles. The van der Waals surface area contributed by atoms with Gasteiger partial charge in [-0.15, -0.1) is 0 Å². The number of anilines is 1. The van der Waals surface area contributed by atoms with E-state index in [0.717, 1.165) is 11.3 Å². The molecule has 120 valence electrons. The zero-order valence-corrected chi connectivity index (χ0v) is 13.8. The van der Waals surface area contributed by atoms with Crippen LogP contribution in [0.1, 0.15) is 42.4 Å². The van der Waals surface area contributed by atoms with E-state index in [1.807, 2.05) is 39.0 Å². The Morgan fingerprint density at radius 1 is 1.13 bits per heavy atom. The first-order valence-corrected chi connectivity index (χ1v) is 7.41. The summed E-state index contributed by atoms with van der Waals surface area (Å²) in [6.07, 6.45) is 1.61. The smallest absolute Gasteiger partial charge is 0.319 e. The third-order valence-corrected chi connectivity index (χ3v) is 3.59. The van der Waals surface area contributed by atoms with E-state index in [-0.39, 0.29) is 11.8 Å². The zero-order chi connectivity index (χ0) is 17.0. The van der Waals surface area contributed by atoms with E-state index in [0.29, 0.717) is 11.3 Å². The van der Waals surface area contributed by atoms with Gasteiger partial charge in [0.25, 0.3) is 0 Å². The second kappa shape index (κ2) is 6.60. The van der Waals surface area contributed by atoms with Crippen molar-refractivity contribution in [2.24, 2.45) is 0 Å². The highest BCUT2D eigenvalue weighted by Gasteiger charge is 2.23. The zero-order valence-electron chi connectivity index (χ0n) is 13.8. The highest BCUT2D eigenvalue weighted by Crippen LogP contribution is 2.21. The van der Waals surface area contributed by atoms with Crippen molar-refractivity contribution in [1.82, 2.24) is 10.3 Å². The topological polar surface area (TPSA) is 71.1 Å². The van der Waals surface area contributed by atoms with Gasteiger partial charge >= 0.3 is 6.03 Å². The number of urea groups is 1. The summed E-state index contributed by atoms with van der Waals surface area (Å²) in [6, 6.07) is 10.6. The summed E-state index contributed by atoms with van der Waals surface area (Å²) in [5, 5.41) is 5.67. The standard InChI is InChI=1S/C18H21N3O2/c1-12-8-9-16(11-19-12)20-17(23)21-18(3,4)15-7-5-6-14(10-15)13(2)22/h5-11H,1-4H3,(H2,20,21,23). The number of Topliss-reactive ketones (excluding diaryl/α,β-unsaturated/α-hetero) is 1. The molecule has 0 aliphatic rings. The van der Waals surface area contributed by atoms with E-state index in [1.165, 1.54) is 6.92 Å². The molecule has 1 aromatic heterocycles. The SMILES string of the molecule is CC(=O)c1cccc(C(C)(C)NC(=O)Nc2ccc(C)nc2)c1. The molecular weight excluding hydrogens is 290 g/mol. The van der Waals surface area contributed by atoms with Crippen LogP contribution in [0.25, 0.3) is 0 Å². The number of aromatic nitrogens is 1. The average molecular weight is 311 g/mol. The number of nitrogens with one attached hydrogen (secondary N) is 2. The van der Waals surface area contributed by atoms with Gasteiger partial charge in [0.05, 0.1) is 17.4 Å². The number of rotatable bonds is 4. The Balaban J connectivity index is 2.10. The molecule has 0 saturated carbocycles. The van der Waals surface area contributed by atoms with Gasteiger partial charge in [-0.2, -0.15) is 0 Å². The Kier molecular flexibility index (Phi) is 4.79. The molecule has 0 radical (unpaired) electrons. The molecule has 0 aliphatic heterocycles. The monoisotopic (exact) mass is 311 g/mol. The maximum Gasteiger partial charge on any atom is 0.319 e. The van der Waals surface area contributed by atoms with Gasteiger partial charge in [-0.25, -0.2) is 4.79 Å². The van der Waals surface area contributed by atoms with Gasteiger partial charge in [0.15, 0.2) is 5.78 Å². The van der Waals surface area contributed by atoms with Crippen molar-refractivity contribution in [1.29, 1.82) is 0 Å². The van der Waals surface area contributed by atoms with Crippen molar-refractivity contribution in [3.05, 3.63) is 59.4 Å². The van der Waals surface area contributed by atoms with Crippen LogP contribution in [0.3, 0.4) is 0 Å². The largest absolute Gasteiger partial charge is 0.329 e. The molecule has 23 heavy (non-hydrogen) atoms. The minimum atomic E-state index is -0.617. The Morgan fingerprint density at radius 3 is 2.48 bits per heavy atom. The first-order valence-electron chi connectivity index (χ1n) is 7.41. The van der Waals surface area contributed by atoms with Crippen molar-refractivity contribution in [3.63, 3.8) is 0 Å². The predicted octanol–water partition coefficient (Wildman–Crippen LogP) is 3.65. The second-order valence-corrected chi connectivity index (χ2v) is 6.03. The quantitative estimate of drug-likeness (QED) is 0.847. The number of amides is 2. The van der Waals surface area contributed by atoms with Gasteiger partial charge in [0.2, 0.25) is 0 Å². The molecule has 5 heteroatoms. The molecule has 2 N–H and O–H groups in total. The fourth-order valence-electron chi connectivity index (χ4n) is 2.19. The molecule has 0 atom stereocenters. The lowest BCUT2D eigenvalue weighted by Gasteiger charge is -2.27. The van der Waals surface area contributed by atoms with Crippen LogP contribution in [0.4, 0.5) is 10.5 Å². The molecule has 0 bridgehead atoms. The third kappa shape index (κ3) is 4.39. The van der Waals surface area contributed by atoms with Crippen molar-refractivity contribution in [2.75, 3.05) is 5.32 Å². The van der Waals surface area contributed by atoms with E-state index >= 15 is 0 Å². The summed E-state index contributed by atoms with van der Waals surface area (Å²) in [5.74, 6) is -0.00201. The maximum atomic E-state index is 12.2. The van der Waals surface area contributed by atoms with Crippen LogP contribution in [0.5, 0.6) is 0 Å². The summed E-state index contributed by atoms with van der Waals surface area (Å²) >= 11 is 0. The summed E-state index contributed by atoms with van der Waals surface area (Å²) in [5.41, 5.74) is 2.38. The minimum absolute atomic E-state index is 0.00201. The number of nitrogens with zero attached hydrogens (tertiary/aromatic N) is 1. The van der Waals surface area contributed by atoms with E-state index in [4.69, 9.17) is 0 Å². The van der Waals surface area contributed by atoms with Gasteiger partial charge in [-0.05, 0) is 51.5 Å². The van der Waals surface area contributed by atoms with Gasteiger partial charge in [-0.3, -0.25) is 9.78 Å². The van der Waals surface area contributed by atoms with Crippen molar-refractivity contribution >= 4 is 17.5 Å². The lowest BCUT2D eigenvalue weighted by Crippen LogP contribution is -2.43. The molecule has 0 aliphatic carbocycles. The van der Waals surface area contributed by atoms with Crippen molar-refractivity contribution in [2.45, 2.75) is 33.2 Å². The minimum Gasteiger partial charge on any atom is -0.329 e. The van der Waals surface area contributed by atoms with Crippen LogP contribution in [-0.4, -0.2) is 16.8 Å². The highest BCUT2D eigenvalue weighted by atomic mass is 16.2. The van der Waals surface area contributed by atoms with Crippen LogP contribution >= 0.6 is 0 Å². The Bertz CT molecular complexity index is 721. The number of benzene rings is 1. The number of ketones is 1. The van der Waals surface area contributed by atoms with Gasteiger partial charge in [0, 0.05) is 11.3 Å². The number of carbonyl (C=O) groups is 2. The molecule has 0 spiro atoms.